The van der Waals surface area contributed by atoms with Gasteiger partial charge in [-0.15, -0.1) is 0 Å². The number of fused-ring (bicyclic) bond motifs is 4. The number of nitrogens with zero attached hydrogens (tertiary/aromatic N) is 6. The topological polar surface area (TPSA) is 74.7 Å². The van der Waals surface area contributed by atoms with Crippen molar-refractivity contribution in [3.63, 3.8) is 0 Å². The first kappa shape index (κ1) is 27.6. The minimum absolute atomic E-state index is 0.0359. The number of ether oxygens (including phenoxy) is 1. The predicted molar refractivity (Wildman–Crippen MR) is 165 cm³/mol. The van der Waals surface area contributed by atoms with E-state index in [2.05, 4.69) is 21.4 Å². The molecule has 0 saturated carbocycles. The molecule has 4 aromatic rings. The molecule has 4 atom stereocenters. The van der Waals surface area contributed by atoms with E-state index in [9.17, 15) is 9.18 Å². The van der Waals surface area contributed by atoms with E-state index in [1.807, 2.05) is 17.0 Å². The second-order valence-corrected chi connectivity index (χ2v) is 12.8. The van der Waals surface area contributed by atoms with Gasteiger partial charge in [-0.2, -0.15) is 9.97 Å². The highest BCUT2D eigenvalue weighted by Crippen LogP contribution is 2.43. The maximum absolute atomic E-state index is 16.1. The predicted octanol–water partition coefficient (Wildman–Crippen LogP) is 5.57. The quantitative estimate of drug-likeness (QED) is 0.262. The molecule has 4 aliphatic rings. The standard InChI is InChI=1S/C33H31ClF2N6O2/c1-2-29(43)41-10-7-27-28(41)17-42(27)31-22-11-25(36)21(23-15-37-14-19-5-3-6-24(34)30(19)23)12-26(22)38-32(39-31)44-18-33-8-4-9-40(33)16-20(35)13-33/h2-3,5-6,11-12,14-15,20,27-28H,1,4,7-10,13,16-18H2/t20-,27-,28-,33+/m1/s1. The highest BCUT2D eigenvalue weighted by molar-refractivity contribution is 6.36. The van der Waals surface area contributed by atoms with Crippen LogP contribution in [0, 0.1) is 5.82 Å². The maximum atomic E-state index is 16.1. The van der Waals surface area contributed by atoms with Gasteiger partial charge >= 0.3 is 6.01 Å². The minimum atomic E-state index is -0.875. The number of aromatic nitrogens is 3. The normalized spacial score (nSPS) is 26.2. The number of hydrogen-bond donors (Lipinski definition) is 0. The van der Waals surface area contributed by atoms with Crippen molar-refractivity contribution in [1.82, 2.24) is 24.8 Å². The number of carbonyl (C=O) groups excluding carboxylic acids is 1. The van der Waals surface area contributed by atoms with Crippen LogP contribution in [0.5, 0.6) is 6.01 Å². The summed E-state index contributed by atoms with van der Waals surface area (Å²) in [6.45, 7) is 6.39. The second kappa shape index (κ2) is 10.3. The fourth-order valence-electron chi connectivity index (χ4n) is 7.90. The molecular weight excluding hydrogens is 586 g/mol. The number of likely N-dealkylation sites (tertiary alicyclic amines) is 1. The first-order valence-electron chi connectivity index (χ1n) is 15.1. The van der Waals surface area contributed by atoms with Gasteiger partial charge in [0.05, 0.1) is 23.1 Å². The first-order chi connectivity index (χ1) is 21.3. The lowest BCUT2D eigenvalue weighted by molar-refractivity contribution is -0.127. The van der Waals surface area contributed by atoms with Crippen LogP contribution in [0.15, 0.2) is 55.4 Å². The highest BCUT2D eigenvalue weighted by atomic mass is 35.5. The third-order valence-corrected chi connectivity index (χ3v) is 10.3. The van der Waals surface area contributed by atoms with Crippen molar-refractivity contribution in [3.8, 4) is 17.1 Å². The molecule has 0 unspecified atom stereocenters. The van der Waals surface area contributed by atoms with E-state index >= 15 is 4.39 Å². The van der Waals surface area contributed by atoms with Crippen LogP contribution in [-0.4, -0.2) is 87.2 Å². The second-order valence-electron chi connectivity index (χ2n) is 12.4. The number of rotatable bonds is 6. The summed E-state index contributed by atoms with van der Waals surface area (Å²) in [5, 5.41) is 2.56. The Bertz CT molecular complexity index is 1830. The molecule has 44 heavy (non-hydrogen) atoms. The monoisotopic (exact) mass is 616 g/mol. The zero-order valence-corrected chi connectivity index (χ0v) is 24.8. The van der Waals surface area contributed by atoms with E-state index in [1.54, 1.807) is 24.5 Å². The van der Waals surface area contributed by atoms with Crippen LogP contribution in [-0.2, 0) is 4.79 Å². The highest BCUT2D eigenvalue weighted by Gasteiger charge is 2.51. The molecule has 226 valence electrons. The Kier molecular flexibility index (Phi) is 6.50. The van der Waals surface area contributed by atoms with Gasteiger partial charge in [-0.25, -0.2) is 8.78 Å². The smallest absolute Gasteiger partial charge is 0.319 e. The summed E-state index contributed by atoms with van der Waals surface area (Å²) in [6.07, 6.45) is 6.85. The molecule has 6 heterocycles. The van der Waals surface area contributed by atoms with Gasteiger partial charge in [0.15, 0.2) is 0 Å². The van der Waals surface area contributed by atoms with Crippen molar-refractivity contribution in [1.29, 1.82) is 0 Å². The molecule has 0 spiro atoms. The number of hydrogen-bond acceptors (Lipinski definition) is 7. The molecule has 11 heteroatoms. The van der Waals surface area contributed by atoms with Crippen molar-refractivity contribution >= 4 is 45.0 Å². The molecule has 8 nitrogen and oxygen atoms in total. The van der Waals surface area contributed by atoms with Crippen LogP contribution in [0.25, 0.3) is 32.8 Å². The van der Waals surface area contributed by atoms with E-state index in [0.29, 0.717) is 64.3 Å². The summed E-state index contributed by atoms with van der Waals surface area (Å²) in [5.74, 6) is 0.0294. The van der Waals surface area contributed by atoms with Crippen LogP contribution in [0.2, 0.25) is 5.02 Å². The maximum Gasteiger partial charge on any atom is 0.319 e. The molecule has 8 rings (SSSR count). The van der Waals surface area contributed by atoms with Gasteiger partial charge in [-0.3, -0.25) is 14.7 Å². The van der Waals surface area contributed by atoms with Gasteiger partial charge in [0.2, 0.25) is 5.91 Å². The Morgan fingerprint density at radius 2 is 2.05 bits per heavy atom. The molecular formula is C33H31ClF2N6O2. The average molecular weight is 617 g/mol. The van der Waals surface area contributed by atoms with Crippen LogP contribution in [0.3, 0.4) is 0 Å². The lowest BCUT2D eigenvalue weighted by Crippen LogP contribution is -2.63. The molecule has 0 bridgehead atoms. The molecule has 4 fully saturated rings. The number of alkyl halides is 1. The Morgan fingerprint density at radius 1 is 1.16 bits per heavy atom. The summed E-state index contributed by atoms with van der Waals surface area (Å²) >= 11 is 6.59. The Morgan fingerprint density at radius 3 is 2.91 bits per heavy atom. The van der Waals surface area contributed by atoms with Crippen molar-refractivity contribution < 1.29 is 18.3 Å². The van der Waals surface area contributed by atoms with Crippen molar-refractivity contribution in [2.24, 2.45) is 0 Å². The molecule has 0 radical (unpaired) electrons. The van der Waals surface area contributed by atoms with Gasteiger partial charge < -0.3 is 14.5 Å². The first-order valence-corrected chi connectivity index (χ1v) is 15.5. The van der Waals surface area contributed by atoms with Crippen molar-refractivity contribution in [2.75, 3.05) is 37.7 Å². The molecule has 4 saturated heterocycles. The lowest BCUT2D eigenvalue weighted by Gasteiger charge is -2.47. The third-order valence-electron chi connectivity index (χ3n) is 10.0. The van der Waals surface area contributed by atoms with Gasteiger partial charge in [0, 0.05) is 70.8 Å². The largest absolute Gasteiger partial charge is 0.461 e. The van der Waals surface area contributed by atoms with Gasteiger partial charge in [0.1, 0.15) is 24.4 Å². The lowest BCUT2D eigenvalue weighted by atomic mass is 9.95. The fourth-order valence-corrected chi connectivity index (χ4v) is 8.18. The van der Waals surface area contributed by atoms with Crippen molar-refractivity contribution in [2.45, 2.75) is 49.5 Å². The Hall–Kier alpha value is -3.89. The Balaban J connectivity index is 1.22. The van der Waals surface area contributed by atoms with Gasteiger partial charge in [0.25, 0.3) is 0 Å². The number of pyridine rings is 1. The summed E-state index contributed by atoms with van der Waals surface area (Å²) in [4.78, 5) is 32.5. The number of amides is 1. The Labute approximate surface area is 258 Å². The molecule has 2 aromatic carbocycles. The molecule has 1 amide bonds. The summed E-state index contributed by atoms with van der Waals surface area (Å²) in [7, 11) is 0. The van der Waals surface area contributed by atoms with E-state index in [0.717, 1.165) is 31.2 Å². The number of halogens is 3. The summed E-state index contributed by atoms with van der Waals surface area (Å²) < 4.78 is 36.8. The SMILES string of the molecule is C=CC(=O)N1CC[C@@H]2[C@H]1CN2c1nc(OC[C@@]23CCCN2C[C@H](F)C3)nc2cc(-c3cncc4cccc(Cl)c34)c(F)cc12. The zero-order chi connectivity index (χ0) is 30.2. The van der Waals surface area contributed by atoms with E-state index < -0.39 is 12.0 Å². The fraction of sp³-hybridized carbons (Fsp3) is 0.394. The zero-order valence-electron chi connectivity index (χ0n) is 24.1. The van der Waals surface area contributed by atoms with Gasteiger partial charge in [-0.1, -0.05) is 30.3 Å². The molecule has 0 N–H and O–H groups in total. The van der Waals surface area contributed by atoms with E-state index in [-0.39, 0.29) is 36.1 Å². The molecule has 0 aliphatic carbocycles. The number of anilines is 1. The van der Waals surface area contributed by atoms with Crippen LogP contribution >= 0.6 is 11.6 Å². The number of benzene rings is 2. The molecule has 2 aromatic heterocycles. The van der Waals surface area contributed by atoms with Gasteiger partial charge in [-0.05, 0) is 50.1 Å². The van der Waals surface area contributed by atoms with Crippen LogP contribution < -0.4 is 9.64 Å². The van der Waals surface area contributed by atoms with Crippen LogP contribution in [0.4, 0.5) is 14.6 Å². The third kappa shape index (κ3) is 4.25. The van der Waals surface area contributed by atoms with E-state index in [4.69, 9.17) is 26.3 Å². The summed E-state index contributed by atoms with van der Waals surface area (Å²) in [6, 6.07) is 8.92. The average Bonchev–Trinajstić information content (AvgIpc) is 3.65. The van der Waals surface area contributed by atoms with Crippen molar-refractivity contribution in [3.05, 3.63) is 66.2 Å². The molecule has 4 aliphatic heterocycles. The number of carbonyl (C=O) groups is 1. The van der Waals surface area contributed by atoms with E-state index in [1.165, 1.54) is 12.1 Å². The minimum Gasteiger partial charge on any atom is -0.461 e. The van der Waals surface area contributed by atoms with Crippen LogP contribution in [0.1, 0.15) is 25.7 Å². The summed E-state index contributed by atoms with van der Waals surface area (Å²) in [5.41, 5.74) is 1.03.